The highest BCUT2D eigenvalue weighted by molar-refractivity contribution is 4.69. The van der Waals surface area contributed by atoms with Gasteiger partial charge in [0.25, 0.3) is 0 Å². The smallest absolute Gasteiger partial charge is 0.0969 e. The van der Waals surface area contributed by atoms with Crippen molar-refractivity contribution in [3.63, 3.8) is 0 Å². The lowest BCUT2D eigenvalue weighted by Gasteiger charge is -2.26. The Morgan fingerprint density at radius 3 is 1.53 bits per heavy atom. The van der Waals surface area contributed by atoms with Gasteiger partial charge in [0.1, 0.15) is 0 Å². The zero-order valence-electron chi connectivity index (χ0n) is 13.5. The van der Waals surface area contributed by atoms with Gasteiger partial charge in [-0.15, -0.1) is 0 Å². The molecule has 0 saturated heterocycles. The fourth-order valence-corrected chi connectivity index (χ4v) is 1.37. The van der Waals surface area contributed by atoms with Crippen LogP contribution in [0.5, 0.6) is 0 Å². The molecule has 2 nitrogen and oxygen atoms in total. The van der Waals surface area contributed by atoms with Crippen molar-refractivity contribution in [3.05, 3.63) is 25.3 Å². The molecule has 0 saturated carbocycles. The highest BCUT2D eigenvalue weighted by Crippen LogP contribution is 1.95. The first-order valence-corrected chi connectivity index (χ1v) is 7.15. The topological polar surface area (TPSA) is 9.23 Å². The van der Waals surface area contributed by atoms with E-state index in [0.29, 0.717) is 0 Å². The van der Waals surface area contributed by atoms with E-state index in [-0.39, 0.29) is 12.4 Å². The summed E-state index contributed by atoms with van der Waals surface area (Å²) in [6.07, 6.45) is 8.78. The monoisotopic (exact) mass is 291 g/mol. The van der Waals surface area contributed by atoms with E-state index >= 15 is 0 Å². The third kappa shape index (κ3) is 23.2. The number of quaternary nitrogens is 1. The molecule has 0 bridgehead atoms. The van der Waals surface area contributed by atoms with E-state index in [0.717, 1.165) is 30.8 Å². The number of rotatable bonds is 10. The predicted octanol–water partition coefficient (Wildman–Crippen LogP) is 1.04. The van der Waals surface area contributed by atoms with Crippen molar-refractivity contribution < 1.29 is 21.6 Å². The number of nitrogens with zero attached hydrogens (tertiary/aromatic N) is 1. The molecule has 0 fully saturated rings. The average molecular weight is 292 g/mol. The zero-order valence-corrected chi connectivity index (χ0v) is 14.2. The second kappa shape index (κ2) is 17.7. The van der Waals surface area contributed by atoms with E-state index in [1.165, 1.54) is 25.7 Å². The van der Waals surface area contributed by atoms with Gasteiger partial charge in [-0.2, -0.15) is 0 Å². The Morgan fingerprint density at radius 1 is 0.895 bits per heavy atom. The number of ether oxygens (including phenoxy) is 1. The molecule has 0 rings (SSSR count). The second-order valence-electron chi connectivity index (χ2n) is 5.20. The molecule has 0 amide bonds. The Morgan fingerprint density at radius 2 is 1.26 bits per heavy atom. The van der Waals surface area contributed by atoms with Gasteiger partial charge in [0.15, 0.2) is 0 Å². The SMILES string of the molecule is C=CC[N+](C)(C)CC=C.CCCCOCCCC.[Cl-]. The van der Waals surface area contributed by atoms with E-state index < -0.39 is 0 Å². The molecule has 0 aromatic carbocycles. The number of hydrogen-bond donors (Lipinski definition) is 0. The third-order valence-corrected chi connectivity index (χ3v) is 2.53. The Bertz CT molecular complexity index is 175. The van der Waals surface area contributed by atoms with Crippen molar-refractivity contribution >= 4 is 0 Å². The van der Waals surface area contributed by atoms with Crippen LogP contribution in [-0.2, 0) is 4.74 Å². The fourth-order valence-electron chi connectivity index (χ4n) is 1.37. The molecule has 0 heterocycles. The molecule has 0 radical (unpaired) electrons. The van der Waals surface area contributed by atoms with E-state index in [4.69, 9.17) is 4.74 Å². The highest BCUT2D eigenvalue weighted by Gasteiger charge is 2.07. The summed E-state index contributed by atoms with van der Waals surface area (Å²) >= 11 is 0. The van der Waals surface area contributed by atoms with Crippen molar-refractivity contribution in [2.45, 2.75) is 39.5 Å². The van der Waals surface area contributed by atoms with Crippen LogP contribution in [0.2, 0.25) is 0 Å². The van der Waals surface area contributed by atoms with E-state index in [1.54, 1.807) is 0 Å². The predicted molar refractivity (Wildman–Crippen MR) is 82.9 cm³/mol. The van der Waals surface area contributed by atoms with Crippen LogP contribution >= 0.6 is 0 Å². The molecule has 3 heteroatoms. The summed E-state index contributed by atoms with van der Waals surface area (Å²) in [4.78, 5) is 0. The maximum absolute atomic E-state index is 5.31. The lowest BCUT2D eigenvalue weighted by Crippen LogP contribution is -3.00. The number of hydrogen-bond acceptors (Lipinski definition) is 1. The van der Waals surface area contributed by atoms with Gasteiger partial charge in [0.2, 0.25) is 0 Å². The zero-order chi connectivity index (χ0) is 14.3. The normalized spacial score (nSPS) is 9.89. The maximum atomic E-state index is 5.31. The van der Waals surface area contributed by atoms with Gasteiger partial charge in [0.05, 0.1) is 27.2 Å². The standard InChI is InChI=1S/C8H16N.C8H18O.ClH/c1-5-7-9(3,4)8-6-2;1-3-5-7-9-8-6-4-2;/h5-6H,1-2,7-8H2,3-4H3;3-8H2,1-2H3;1H/q+1;;/p-1. The summed E-state index contributed by atoms with van der Waals surface area (Å²) in [7, 11) is 4.31. The molecule has 0 N–H and O–H groups in total. The lowest BCUT2D eigenvalue weighted by molar-refractivity contribution is -0.878. The van der Waals surface area contributed by atoms with Crippen molar-refractivity contribution in [3.8, 4) is 0 Å². The summed E-state index contributed by atoms with van der Waals surface area (Å²) < 4.78 is 6.27. The van der Waals surface area contributed by atoms with E-state index in [9.17, 15) is 0 Å². The Balaban J connectivity index is -0.000000256. The van der Waals surface area contributed by atoms with Gasteiger partial charge in [-0.05, 0) is 25.0 Å². The first-order valence-electron chi connectivity index (χ1n) is 7.15. The van der Waals surface area contributed by atoms with Crippen LogP contribution in [0.25, 0.3) is 0 Å². The number of halogens is 1. The minimum Gasteiger partial charge on any atom is -1.00 e. The molecular weight excluding hydrogens is 258 g/mol. The molecule has 0 aliphatic heterocycles. The fraction of sp³-hybridized carbons (Fsp3) is 0.750. The molecular formula is C16H34ClNO. The van der Waals surface area contributed by atoms with Crippen LogP contribution in [0.3, 0.4) is 0 Å². The van der Waals surface area contributed by atoms with Gasteiger partial charge in [-0.25, -0.2) is 0 Å². The molecule has 19 heavy (non-hydrogen) atoms. The molecule has 0 aliphatic rings. The van der Waals surface area contributed by atoms with Crippen LogP contribution < -0.4 is 12.4 Å². The third-order valence-electron chi connectivity index (χ3n) is 2.53. The Hall–Kier alpha value is -0.310. The molecule has 0 atom stereocenters. The van der Waals surface area contributed by atoms with Crippen LogP contribution in [0, 0.1) is 0 Å². The average Bonchev–Trinajstić information content (AvgIpc) is 2.29. The summed E-state index contributed by atoms with van der Waals surface area (Å²) in [6, 6.07) is 0. The van der Waals surface area contributed by atoms with Crippen molar-refractivity contribution in [2.24, 2.45) is 0 Å². The summed E-state index contributed by atoms with van der Waals surface area (Å²) in [6.45, 7) is 15.6. The minimum absolute atomic E-state index is 0. The highest BCUT2D eigenvalue weighted by atomic mass is 35.5. The maximum Gasteiger partial charge on any atom is 0.0969 e. The van der Waals surface area contributed by atoms with Crippen molar-refractivity contribution in [2.75, 3.05) is 40.4 Å². The lowest BCUT2D eigenvalue weighted by atomic mass is 10.3. The van der Waals surface area contributed by atoms with Crippen LogP contribution in [0.4, 0.5) is 0 Å². The Kier molecular flexibility index (Phi) is 22.1. The first-order chi connectivity index (χ1) is 8.54. The molecule has 0 aliphatic carbocycles. The minimum atomic E-state index is 0. The second-order valence-corrected chi connectivity index (χ2v) is 5.20. The van der Waals surface area contributed by atoms with E-state index in [2.05, 4.69) is 41.1 Å². The van der Waals surface area contributed by atoms with Gasteiger partial charge in [-0.3, -0.25) is 0 Å². The van der Waals surface area contributed by atoms with Crippen LogP contribution in [0.1, 0.15) is 39.5 Å². The largest absolute Gasteiger partial charge is 1.00 e. The van der Waals surface area contributed by atoms with Gasteiger partial charge < -0.3 is 21.6 Å². The van der Waals surface area contributed by atoms with Gasteiger partial charge in [-0.1, -0.05) is 39.8 Å². The van der Waals surface area contributed by atoms with Gasteiger partial charge in [0, 0.05) is 13.2 Å². The summed E-state index contributed by atoms with van der Waals surface area (Å²) in [5.74, 6) is 0. The van der Waals surface area contributed by atoms with Crippen LogP contribution in [0.15, 0.2) is 25.3 Å². The molecule has 116 valence electrons. The summed E-state index contributed by atoms with van der Waals surface area (Å²) in [5.41, 5.74) is 0. The first kappa shape index (κ1) is 23.8. The van der Waals surface area contributed by atoms with Crippen molar-refractivity contribution in [1.29, 1.82) is 0 Å². The Labute approximate surface area is 127 Å². The molecule has 0 spiro atoms. The van der Waals surface area contributed by atoms with Crippen LogP contribution in [-0.4, -0.2) is 44.9 Å². The number of likely N-dealkylation sites (N-methyl/N-ethyl adjacent to an activating group) is 1. The summed E-state index contributed by atoms with van der Waals surface area (Å²) in [5, 5.41) is 0. The van der Waals surface area contributed by atoms with E-state index in [1.807, 2.05) is 12.2 Å². The molecule has 0 unspecified atom stereocenters. The van der Waals surface area contributed by atoms with Crippen molar-refractivity contribution in [1.82, 2.24) is 0 Å². The molecule has 0 aromatic rings. The van der Waals surface area contributed by atoms with Gasteiger partial charge >= 0.3 is 0 Å². The number of unbranched alkanes of at least 4 members (excludes halogenated alkanes) is 2. The molecule has 0 aromatic heterocycles. The quantitative estimate of drug-likeness (QED) is 0.332.